The van der Waals surface area contributed by atoms with Crippen molar-refractivity contribution in [3.8, 4) is 28.7 Å². The van der Waals surface area contributed by atoms with Crippen LogP contribution in [-0.4, -0.2) is 12.9 Å². The lowest BCUT2D eigenvalue weighted by molar-refractivity contribution is 0.103. The van der Waals surface area contributed by atoms with Gasteiger partial charge in [-0.2, -0.15) is 0 Å². The van der Waals surface area contributed by atoms with Crippen LogP contribution in [0.15, 0.2) is 187 Å². The van der Waals surface area contributed by atoms with Gasteiger partial charge in [-0.3, -0.25) is 4.79 Å². The van der Waals surface area contributed by atoms with Gasteiger partial charge in [-0.15, -0.1) is 11.8 Å². The number of rotatable bonds is 19. The van der Waals surface area contributed by atoms with E-state index >= 15 is 0 Å². The van der Waals surface area contributed by atoms with E-state index in [0.29, 0.717) is 64.6 Å². The first-order valence-electron chi connectivity index (χ1n) is 19.1. The van der Waals surface area contributed by atoms with Crippen molar-refractivity contribution in [2.75, 3.05) is 7.11 Å². The first-order chi connectivity index (χ1) is 28.6. The van der Waals surface area contributed by atoms with Gasteiger partial charge >= 0.3 is 0 Å². The van der Waals surface area contributed by atoms with E-state index in [1.54, 1.807) is 19.3 Å². The van der Waals surface area contributed by atoms with Crippen LogP contribution in [0.25, 0.3) is 6.08 Å². The fourth-order valence-corrected chi connectivity index (χ4v) is 7.27. The van der Waals surface area contributed by atoms with E-state index in [1.165, 1.54) is 11.8 Å². The highest BCUT2D eigenvalue weighted by molar-refractivity contribution is 7.98. The van der Waals surface area contributed by atoms with Crippen molar-refractivity contribution in [1.29, 1.82) is 0 Å². The number of thioether (sulfide) groups is 1. The number of methoxy groups -OCH3 is 1. The number of carbonyl (C=O) groups is 1. The minimum absolute atomic E-state index is 0.241. The summed E-state index contributed by atoms with van der Waals surface area (Å²) < 4.78 is 31.1. The van der Waals surface area contributed by atoms with E-state index < -0.39 is 0 Å². The van der Waals surface area contributed by atoms with E-state index in [0.717, 1.165) is 33.6 Å². The third kappa shape index (κ3) is 11.0. The number of ketones is 1. The highest BCUT2D eigenvalue weighted by Gasteiger charge is 2.22. The summed E-state index contributed by atoms with van der Waals surface area (Å²) >= 11 is 1.53. The van der Waals surface area contributed by atoms with Crippen LogP contribution in [0.2, 0.25) is 0 Å². The highest BCUT2D eigenvalue weighted by Crippen LogP contribution is 2.42. The van der Waals surface area contributed by atoms with E-state index in [-0.39, 0.29) is 12.4 Å². The van der Waals surface area contributed by atoms with Crippen LogP contribution in [0.3, 0.4) is 0 Å². The Balaban J connectivity index is 1.25. The van der Waals surface area contributed by atoms with E-state index in [4.69, 9.17) is 23.7 Å². The molecule has 0 aliphatic rings. The summed E-state index contributed by atoms with van der Waals surface area (Å²) in [6, 6.07) is 57.2. The number of para-hydroxylation sites is 1. The Labute approximate surface area is 344 Å². The molecule has 58 heavy (non-hydrogen) atoms. The van der Waals surface area contributed by atoms with Crippen LogP contribution in [-0.2, 0) is 32.2 Å². The van der Waals surface area contributed by atoms with Gasteiger partial charge in [0, 0.05) is 11.3 Å². The summed E-state index contributed by atoms with van der Waals surface area (Å²) in [5.41, 5.74) is 6.23. The summed E-state index contributed by atoms with van der Waals surface area (Å²) in [5, 5.41) is 0. The van der Waals surface area contributed by atoms with Gasteiger partial charge in [0.1, 0.15) is 43.7 Å². The average Bonchev–Trinajstić information content (AvgIpc) is 3.29. The standard InChI is InChI=1S/C51H44O6S/c1-53-44-28-25-42(26-29-44)37-58-51-48(56-35-40-19-10-4-11-20-40)32-31-46(54-33-38-15-6-2-7-16-38)49(51)45(52)30-27-43-23-14-24-47(55-34-39-17-8-3-9-18-39)50(43)57-36-41-21-12-5-13-22-41/h2-32H,33-37H2,1H3. The molecule has 0 N–H and O–H groups in total. The molecule has 7 rings (SSSR count). The SMILES string of the molecule is COc1ccc(CSc2c(OCc3ccccc3)ccc(OCc3ccccc3)c2C(=O)C=Cc2cccc(OCc3ccccc3)c2OCc2ccccc2)cc1. The summed E-state index contributed by atoms with van der Waals surface area (Å²) in [7, 11) is 1.65. The Hall–Kier alpha value is -6.70. The quantitative estimate of drug-likeness (QED) is 0.0460. The number of ether oxygens (including phenoxy) is 5. The first kappa shape index (κ1) is 39.5. The molecule has 290 valence electrons. The number of benzene rings is 7. The molecule has 0 radical (unpaired) electrons. The second kappa shape index (κ2) is 20.5. The molecule has 0 aliphatic heterocycles. The molecule has 0 fully saturated rings. The number of hydrogen-bond acceptors (Lipinski definition) is 7. The maximum atomic E-state index is 14.8. The minimum atomic E-state index is -0.241. The van der Waals surface area contributed by atoms with Gasteiger partial charge < -0.3 is 23.7 Å². The minimum Gasteiger partial charge on any atom is -0.497 e. The van der Waals surface area contributed by atoms with Crippen molar-refractivity contribution < 1.29 is 28.5 Å². The van der Waals surface area contributed by atoms with Gasteiger partial charge in [0.15, 0.2) is 17.3 Å². The van der Waals surface area contributed by atoms with Gasteiger partial charge in [-0.1, -0.05) is 146 Å². The number of allylic oxidation sites excluding steroid dienone is 1. The summed E-state index contributed by atoms with van der Waals surface area (Å²) in [6.07, 6.45) is 3.36. The maximum absolute atomic E-state index is 14.8. The Morgan fingerprint density at radius 3 is 1.50 bits per heavy atom. The van der Waals surface area contributed by atoms with Gasteiger partial charge in [-0.25, -0.2) is 0 Å². The van der Waals surface area contributed by atoms with Crippen molar-refractivity contribution in [2.24, 2.45) is 0 Å². The predicted molar refractivity (Wildman–Crippen MR) is 232 cm³/mol. The second-order valence-corrected chi connectivity index (χ2v) is 14.4. The largest absolute Gasteiger partial charge is 0.497 e. The molecular formula is C51H44O6S. The summed E-state index contributed by atoms with van der Waals surface area (Å²) in [6.45, 7) is 1.31. The van der Waals surface area contributed by atoms with Gasteiger partial charge in [0.05, 0.1) is 17.6 Å². The second-order valence-electron chi connectivity index (χ2n) is 13.4. The molecule has 0 atom stereocenters. The first-order valence-corrected chi connectivity index (χ1v) is 20.1. The highest BCUT2D eigenvalue weighted by atomic mass is 32.2. The molecular weight excluding hydrogens is 741 g/mol. The predicted octanol–water partition coefficient (Wildman–Crippen LogP) is 12.2. The van der Waals surface area contributed by atoms with Crippen molar-refractivity contribution in [3.63, 3.8) is 0 Å². The number of carbonyl (C=O) groups excluding carboxylic acids is 1. The van der Waals surface area contributed by atoms with Crippen molar-refractivity contribution in [1.82, 2.24) is 0 Å². The molecule has 0 saturated carbocycles. The molecule has 0 spiro atoms. The van der Waals surface area contributed by atoms with Crippen molar-refractivity contribution in [2.45, 2.75) is 37.1 Å². The summed E-state index contributed by atoms with van der Waals surface area (Å²) in [5.74, 6) is 3.29. The van der Waals surface area contributed by atoms with Gasteiger partial charge in [0.2, 0.25) is 0 Å². The van der Waals surface area contributed by atoms with Crippen LogP contribution in [0.4, 0.5) is 0 Å². The molecule has 0 bridgehead atoms. The number of hydrogen-bond donors (Lipinski definition) is 0. The zero-order valence-corrected chi connectivity index (χ0v) is 33.1. The molecule has 0 unspecified atom stereocenters. The molecule has 7 aromatic rings. The molecule has 6 nitrogen and oxygen atoms in total. The summed E-state index contributed by atoms with van der Waals surface area (Å²) in [4.78, 5) is 15.4. The lowest BCUT2D eigenvalue weighted by atomic mass is 10.1. The van der Waals surface area contributed by atoms with Crippen molar-refractivity contribution >= 4 is 23.6 Å². The Morgan fingerprint density at radius 1 is 0.483 bits per heavy atom. The molecule has 7 aromatic carbocycles. The normalized spacial score (nSPS) is 10.9. The van der Waals surface area contributed by atoms with Crippen LogP contribution >= 0.6 is 11.8 Å². The lowest BCUT2D eigenvalue weighted by Crippen LogP contribution is -2.07. The molecule has 0 saturated heterocycles. The Morgan fingerprint density at radius 2 is 0.966 bits per heavy atom. The molecule has 0 heterocycles. The molecule has 7 heteroatoms. The van der Waals surface area contributed by atoms with Crippen LogP contribution < -0.4 is 23.7 Å². The topological polar surface area (TPSA) is 63.2 Å². The Kier molecular flexibility index (Phi) is 13.9. The van der Waals surface area contributed by atoms with E-state index in [1.807, 2.05) is 176 Å². The van der Waals surface area contributed by atoms with Crippen molar-refractivity contribution in [3.05, 3.63) is 221 Å². The molecule has 0 aromatic heterocycles. The Bertz CT molecular complexity index is 2380. The lowest BCUT2D eigenvalue weighted by Gasteiger charge is -2.19. The third-order valence-electron chi connectivity index (χ3n) is 9.23. The van der Waals surface area contributed by atoms with E-state index in [2.05, 4.69) is 0 Å². The molecule has 0 amide bonds. The average molecular weight is 785 g/mol. The van der Waals surface area contributed by atoms with Crippen LogP contribution in [0.5, 0.6) is 28.7 Å². The van der Waals surface area contributed by atoms with Crippen LogP contribution in [0, 0.1) is 0 Å². The maximum Gasteiger partial charge on any atom is 0.190 e. The van der Waals surface area contributed by atoms with Crippen LogP contribution in [0.1, 0.15) is 43.7 Å². The smallest absolute Gasteiger partial charge is 0.190 e. The van der Waals surface area contributed by atoms with Gasteiger partial charge in [-0.05, 0) is 70.3 Å². The fraction of sp³-hybridized carbons (Fsp3) is 0.118. The zero-order chi connectivity index (χ0) is 39.8. The molecule has 0 aliphatic carbocycles. The fourth-order valence-electron chi connectivity index (χ4n) is 6.15. The van der Waals surface area contributed by atoms with Gasteiger partial charge in [0.25, 0.3) is 0 Å². The van der Waals surface area contributed by atoms with E-state index in [9.17, 15) is 4.79 Å². The zero-order valence-electron chi connectivity index (χ0n) is 32.3. The monoisotopic (exact) mass is 784 g/mol. The third-order valence-corrected chi connectivity index (χ3v) is 10.4.